The molecule has 2 aromatic carbocycles. The summed E-state index contributed by atoms with van der Waals surface area (Å²) < 4.78 is 34.4. The Kier molecular flexibility index (Phi) is 6.63. The number of rotatable bonds is 7. The molecule has 2 heterocycles. The molecule has 0 amide bonds. The number of aromatic nitrogens is 2. The lowest BCUT2D eigenvalue weighted by Gasteiger charge is -2.15. The van der Waals surface area contributed by atoms with E-state index in [0.717, 1.165) is 41.7 Å². The summed E-state index contributed by atoms with van der Waals surface area (Å²) in [4.78, 5) is 23.4. The second kappa shape index (κ2) is 9.87. The number of nitrogens with zero attached hydrogens (tertiary/aromatic N) is 2. The first-order chi connectivity index (χ1) is 17.4. The molecule has 2 aromatic heterocycles. The summed E-state index contributed by atoms with van der Waals surface area (Å²) in [5.74, 6) is -0.125. The zero-order chi connectivity index (χ0) is 25.3. The molecule has 1 aliphatic rings. The minimum Gasteiger partial charge on any atom is -0.462 e. The topological polar surface area (TPSA) is 110 Å². The summed E-state index contributed by atoms with van der Waals surface area (Å²) in [6.45, 7) is 3.87. The zero-order valence-corrected chi connectivity index (χ0v) is 21.6. The fourth-order valence-corrected chi connectivity index (χ4v) is 6.70. The van der Waals surface area contributed by atoms with Crippen LogP contribution in [0.2, 0.25) is 0 Å². The van der Waals surface area contributed by atoms with E-state index in [-0.39, 0.29) is 23.1 Å². The molecule has 0 radical (unpaired) electrons. The highest BCUT2D eigenvalue weighted by molar-refractivity contribution is 7.92. The zero-order valence-electron chi connectivity index (χ0n) is 20.0. The summed E-state index contributed by atoms with van der Waals surface area (Å²) in [7, 11) is -3.94. The van der Waals surface area contributed by atoms with Crippen LogP contribution in [0.25, 0.3) is 11.0 Å². The quantitative estimate of drug-likeness (QED) is 0.304. The van der Waals surface area contributed by atoms with Crippen LogP contribution in [-0.2, 0) is 27.6 Å². The van der Waals surface area contributed by atoms with Gasteiger partial charge in [-0.05, 0) is 74.9 Å². The molecule has 1 aliphatic carbocycles. The lowest BCUT2D eigenvalue weighted by atomic mass is 9.95. The Hall–Kier alpha value is -3.50. The molecule has 0 bridgehead atoms. The number of esters is 1. The van der Waals surface area contributed by atoms with Gasteiger partial charge in [-0.25, -0.2) is 23.2 Å². The van der Waals surface area contributed by atoms with Crippen LogP contribution < -0.4 is 10.0 Å². The first kappa shape index (κ1) is 24.2. The van der Waals surface area contributed by atoms with Gasteiger partial charge in [-0.1, -0.05) is 24.3 Å². The molecule has 2 N–H and O–H groups in total. The minimum absolute atomic E-state index is 0.0522. The number of carbonyl (C=O) groups excluding carboxylic acids is 1. The van der Waals surface area contributed by atoms with Crippen LogP contribution in [0.3, 0.4) is 0 Å². The van der Waals surface area contributed by atoms with Gasteiger partial charge in [0, 0.05) is 4.88 Å². The molecular formula is C26H26N4O4S2. The molecule has 0 unspecified atom stereocenters. The number of ether oxygens (including phenoxy) is 1. The number of sulfonamides is 1. The van der Waals surface area contributed by atoms with Gasteiger partial charge in [0.25, 0.3) is 10.0 Å². The van der Waals surface area contributed by atoms with Crippen molar-refractivity contribution in [3.8, 4) is 0 Å². The molecule has 0 saturated carbocycles. The summed E-state index contributed by atoms with van der Waals surface area (Å²) in [6.07, 6.45) is 3.77. The third-order valence-electron chi connectivity index (χ3n) is 5.98. The van der Waals surface area contributed by atoms with Gasteiger partial charge in [-0.2, -0.15) is 0 Å². The van der Waals surface area contributed by atoms with Gasteiger partial charge in [0.05, 0.1) is 28.1 Å². The molecule has 186 valence electrons. The molecule has 0 spiro atoms. The Morgan fingerprint density at radius 2 is 1.75 bits per heavy atom. The van der Waals surface area contributed by atoms with Gasteiger partial charge in [0.15, 0.2) is 11.6 Å². The monoisotopic (exact) mass is 522 g/mol. The smallest absolute Gasteiger partial charge is 0.341 e. The van der Waals surface area contributed by atoms with Crippen LogP contribution >= 0.6 is 11.3 Å². The number of fused-ring (bicyclic) bond motifs is 2. The molecular weight excluding hydrogens is 496 g/mol. The summed E-state index contributed by atoms with van der Waals surface area (Å²) in [5, 5.41) is 3.82. The van der Waals surface area contributed by atoms with E-state index < -0.39 is 16.0 Å². The number of para-hydroxylation sites is 2. The lowest BCUT2D eigenvalue weighted by Crippen LogP contribution is -2.16. The molecule has 0 atom stereocenters. The van der Waals surface area contributed by atoms with Crippen molar-refractivity contribution in [2.45, 2.75) is 44.4 Å². The van der Waals surface area contributed by atoms with Crippen LogP contribution in [0.1, 0.15) is 46.1 Å². The number of hydrogen-bond acceptors (Lipinski definition) is 8. The first-order valence-electron chi connectivity index (χ1n) is 11.8. The lowest BCUT2D eigenvalue weighted by molar-refractivity contribution is 0.0526. The third-order valence-corrected chi connectivity index (χ3v) is 8.53. The van der Waals surface area contributed by atoms with Gasteiger partial charge in [0.1, 0.15) is 5.00 Å². The fraction of sp³-hybridized carbons (Fsp3) is 0.269. The van der Waals surface area contributed by atoms with Gasteiger partial charge in [-0.15, -0.1) is 11.3 Å². The molecule has 0 aliphatic heterocycles. The molecule has 8 nitrogen and oxygen atoms in total. The van der Waals surface area contributed by atoms with Gasteiger partial charge in [0.2, 0.25) is 0 Å². The second-order valence-electron chi connectivity index (χ2n) is 8.59. The Morgan fingerprint density at radius 1 is 1.03 bits per heavy atom. The Morgan fingerprint density at radius 3 is 2.47 bits per heavy atom. The average molecular weight is 523 g/mol. The Bertz CT molecular complexity index is 1560. The van der Waals surface area contributed by atoms with E-state index in [1.54, 1.807) is 31.2 Å². The highest BCUT2D eigenvalue weighted by Crippen LogP contribution is 2.41. The maximum Gasteiger partial charge on any atom is 0.341 e. The number of benzene rings is 2. The van der Waals surface area contributed by atoms with E-state index in [4.69, 9.17) is 4.74 Å². The first-order valence-corrected chi connectivity index (χ1v) is 14.1. The van der Waals surface area contributed by atoms with E-state index in [0.29, 0.717) is 21.6 Å². The normalized spacial score (nSPS) is 13.3. The van der Waals surface area contributed by atoms with E-state index in [1.807, 2.05) is 25.1 Å². The van der Waals surface area contributed by atoms with Gasteiger partial charge in [-0.3, -0.25) is 4.72 Å². The van der Waals surface area contributed by atoms with Crippen molar-refractivity contribution in [2.75, 3.05) is 16.6 Å². The van der Waals surface area contributed by atoms with E-state index in [1.165, 1.54) is 17.4 Å². The molecule has 5 rings (SSSR count). The summed E-state index contributed by atoms with van der Waals surface area (Å²) in [5.41, 5.74) is 3.46. The van der Waals surface area contributed by atoms with Crippen LogP contribution in [-0.4, -0.2) is 31.0 Å². The van der Waals surface area contributed by atoms with Crippen molar-refractivity contribution in [3.05, 3.63) is 70.1 Å². The van der Waals surface area contributed by atoms with Crippen molar-refractivity contribution in [1.29, 1.82) is 0 Å². The minimum atomic E-state index is -3.94. The predicted molar refractivity (Wildman–Crippen MR) is 142 cm³/mol. The maximum absolute atomic E-state index is 13.2. The second-order valence-corrected chi connectivity index (χ2v) is 11.4. The van der Waals surface area contributed by atoms with Crippen molar-refractivity contribution >= 4 is 55.0 Å². The highest BCUT2D eigenvalue weighted by Gasteiger charge is 2.28. The maximum atomic E-state index is 13.2. The van der Waals surface area contributed by atoms with Crippen LogP contribution in [0.5, 0.6) is 0 Å². The summed E-state index contributed by atoms with van der Waals surface area (Å²) >= 11 is 1.48. The standard InChI is InChI=1S/C26H26N4O4S2/c1-3-34-26(31)22-18-11-4-7-14-21(18)35-25(22)29-23-24(28-20-13-6-5-12-19(20)27-23)30-36(32,33)17-10-8-9-16(2)15-17/h5-6,8-10,12-13,15H,3-4,7,11,14H2,1-2H3,(H,27,29)(H,28,30). The van der Waals surface area contributed by atoms with Crippen molar-refractivity contribution in [1.82, 2.24) is 9.97 Å². The van der Waals surface area contributed by atoms with E-state index in [9.17, 15) is 13.2 Å². The van der Waals surface area contributed by atoms with Crippen LogP contribution in [0.15, 0.2) is 53.4 Å². The number of nitrogens with one attached hydrogen (secondary N) is 2. The number of hydrogen-bond donors (Lipinski definition) is 2. The third kappa shape index (κ3) is 4.78. The molecule has 36 heavy (non-hydrogen) atoms. The van der Waals surface area contributed by atoms with Crippen molar-refractivity contribution in [3.63, 3.8) is 0 Å². The largest absolute Gasteiger partial charge is 0.462 e. The summed E-state index contributed by atoms with van der Waals surface area (Å²) in [6, 6.07) is 13.9. The van der Waals surface area contributed by atoms with E-state index >= 15 is 0 Å². The molecule has 10 heteroatoms. The van der Waals surface area contributed by atoms with Crippen LogP contribution in [0.4, 0.5) is 16.6 Å². The van der Waals surface area contributed by atoms with Crippen molar-refractivity contribution < 1.29 is 17.9 Å². The molecule has 0 saturated heterocycles. The number of carbonyl (C=O) groups is 1. The molecule has 0 fully saturated rings. The number of anilines is 3. The average Bonchev–Trinajstić information content (AvgIpc) is 3.22. The fourth-order valence-electron chi connectivity index (χ4n) is 4.31. The predicted octanol–water partition coefficient (Wildman–Crippen LogP) is 5.60. The number of aryl methyl sites for hydroxylation is 2. The Balaban J connectivity index is 1.60. The number of thiophene rings is 1. The van der Waals surface area contributed by atoms with Gasteiger partial charge < -0.3 is 10.1 Å². The van der Waals surface area contributed by atoms with E-state index in [2.05, 4.69) is 20.0 Å². The van der Waals surface area contributed by atoms with Crippen LogP contribution in [0, 0.1) is 6.92 Å². The van der Waals surface area contributed by atoms with Gasteiger partial charge >= 0.3 is 5.97 Å². The molecule has 4 aromatic rings. The van der Waals surface area contributed by atoms with Crippen molar-refractivity contribution in [2.24, 2.45) is 0 Å². The highest BCUT2D eigenvalue weighted by atomic mass is 32.2. The SMILES string of the molecule is CCOC(=O)c1c(Nc2nc3ccccc3nc2NS(=O)(=O)c2cccc(C)c2)sc2c1CCCC2. The Labute approximate surface area is 213 Å².